The van der Waals surface area contributed by atoms with Crippen LogP contribution >= 0.6 is 0 Å². The molecule has 3 N–H and O–H groups in total. The molecule has 25 heavy (non-hydrogen) atoms. The Kier molecular flexibility index (Phi) is 5.58. The third-order valence-electron chi connectivity index (χ3n) is 4.76. The number of carbonyl (C=O) groups excluding carboxylic acids is 1. The summed E-state index contributed by atoms with van der Waals surface area (Å²) >= 11 is 0. The summed E-state index contributed by atoms with van der Waals surface area (Å²) in [5, 5.41) is 12.8. The number of carbonyl (C=O) groups is 2. The van der Waals surface area contributed by atoms with Crippen LogP contribution in [0.2, 0.25) is 0 Å². The Morgan fingerprint density at radius 2 is 1.96 bits per heavy atom. The Morgan fingerprint density at radius 3 is 2.80 bits per heavy atom. The minimum Gasteiger partial charge on any atom is -0.481 e. The van der Waals surface area contributed by atoms with E-state index in [-0.39, 0.29) is 12.5 Å². The molecule has 1 aliphatic rings. The van der Waals surface area contributed by atoms with Gasteiger partial charge in [0.05, 0.1) is 0 Å². The first-order valence-electron chi connectivity index (χ1n) is 8.98. The largest absolute Gasteiger partial charge is 0.481 e. The van der Waals surface area contributed by atoms with E-state index in [1.54, 1.807) is 0 Å². The van der Waals surface area contributed by atoms with Gasteiger partial charge in [-0.3, -0.25) is 4.79 Å². The van der Waals surface area contributed by atoms with Crippen LogP contribution in [0.4, 0.5) is 4.79 Å². The fraction of sp³-hybridized carbons (Fsp3) is 0.474. The fourth-order valence-electron chi connectivity index (χ4n) is 3.40. The molecule has 134 valence electrons. The van der Waals surface area contributed by atoms with Gasteiger partial charge in [-0.1, -0.05) is 31.0 Å². The van der Waals surface area contributed by atoms with Gasteiger partial charge in [0.15, 0.2) is 0 Å². The van der Waals surface area contributed by atoms with Gasteiger partial charge in [-0.25, -0.2) is 4.79 Å². The summed E-state index contributed by atoms with van der Waals surface area (Å²) < 4.78 is 0. The standard InChI is InChI=1S/C19H25N3O3/c23-18(24)9-3-1-2-6-11-20-19(25)22-12-10-17-15(13-22)14-7-4-5-8-16(14)21-17/h4-5,7-8,21H,1-3,6,9-13H2,(H,20,25)(H,23,24). The molecule has 6 nitrogen and oxygen atoms in total. The predicted molar refractivity (Wildman–Crippen MR) is 96.5 cm³/mol. The average molecular weight is 343 g/mol. The molecule has 3 rings (SSSR count). The van der Waals surface area contributed by atoms with Crippen molar-refractivity contribution in [1.29, 1.82) is 0 Å². The first-order valence-corrected chi connectivity index (χ1v) is 8.98. The number of aliphatic carboxylic acids is 1. The van der Waals surface area contributed by atoms with E-state index in [0.29, 0.717) is 19.5 Å². The fourth-order valence-corrected chi connectivity index (χ4v) is 3.40. The van der Waals surface area contributed by atoms with Crippen LogP contribution in [0.1, 0.15) is 43.4 Å². The van der Waals surface area contributed by atoms with Gasteiger partial charge in [0, 0.05) is 54.6 Å². The number of amides is 2. The number of para-hydroxylation sites is 1. The number of urea groups is 1. The normalized spacial score (nSPS) is 13.7. The number of nitrogens with zero attached hydrogens (tertiary/aromatic N) is 1. The molecule has 0 atom stereocenters. The summed E-state index contributed by atoms with van der Waals surface area (Å²) in [6.45, 7) is 2.01. The maximum atomic E-state index is 12.4. The van der Waals surface area contributed by atoms with Crippen molar-refractivity contribution in [1.82, 2.24) is 15.2 Å². The highest BCUT2D eigenvalue weighted by atomic mass is 16.4. The number of rotatable bonds is 7. The van der Waals surface area contributed by atoms with E-state index in [1.807, 2.05) is 17.0 Å². The molecule has 0 radical (unpaired) electrons. The number of aromatic amines is 1. The minimum atomic E-state index is -0.741. The number of H-pyrrole nitrogens is 1. The van der Waals surface area contributed by atoms with Gasteiger partial charge in [0.25, 0.3) is 0 Å². The lowest BCUT2D eigenvalue weighted by Gasteiger charge is -2.27. The first-order chi connectivity index (χ1) is 12.1. The zero-order valence-corrected chi connectivity index (χ0v) is 14.4. The van der Waals surface area contributed by atoms with Crippen molar-refractivity contribution in [3.8, 4) is 0 Å². The second kappa shape index (κ2) is 8.05. The molecule has 2 aromatic rings. The monoisotopic (exact) mass is 343 g/mol. The molecule has 0 aliphatic carbocycles. The molecule has 0 saturated carbocycles. The smallest absolute Gasteiger partial charge is 0.317 e. The molecular weight excluding hydrogens is 318 g/mol. The molecular formula is C19H25N3O3. The molecule has 0 spiro atoms. The number of hydrogen-bond acceptors (Lipinski definition) is 2. The zero-order valence-electron chi connectivity index (χ0n) is 14.4. The van der Waals surface area contributed by atoms with Crippen molar-refractivity contribution in [2.75, 3.05) is 13.1 Å². The number of nitrogens with one attached hydrogen (secondary N) is 2. The van der Waals surface area contributed by atoms with Crippen molar-refractivity contribution < 1.29 is 14.7 Å². The van der Waals surface area contributed by atoms with Crippen LogP contribution in [0.3, 0.4) is 0 Å². The van der Waals surface area contributed by atoms with Crippen molar-refractivity contribution >= 4 is 22.9 Å². The Labute approximate surface area is 147 Å². The second-order valence-corrected chi connectivity index (χ2v) is 6.59. The van der Waals surface area contributed by atoms with Crippen molar-refractivity contribution in [2.45, 2.75) is 45.1 Å². The van der Waals surface area contributed by atoms with Crippen LogP contribution in [0.5, 0.6) is 0 Å². The van der Waals surface area contributed by atoms with Gasteiger partial charge in [0.2, 0.25) is 0 Å². The number of carboxylic acids is 1. The zero-order chi connectivity index (χ0) is 17.6. The maximum Gasteiger partial charge on any atom is 0.317 e. The third-order valence-corrected chi connectivity index (χ3v) is 4.76. The lowest BCUT2D eigenvalue weighted by molar-refractivity contribution is -0.137. The molecule has 2 amide bonds. The van der Waals surface area contributed by atoms with E-state index in [1.165, 1.54) is 16.6 Å². The summed E-state index contributed by atoms with van der Waals surface area (Å²) in [5.41, 5.74) is 3.60. The second-order valence-electron chi connectivity index (χ2n) is 6.59. The van der Waals surface area contributed by atoms with E-state index < -0.39 is 5.97 Å². The molecule has 0 bridgehead atoms. The van der Waals surface area contributed by atoms with Crippen LogP contribution in [-0.2, 0) is 17.8 Å². The van der Waals surface area contributed by atoms with Crippen LogP contribution in [0.25, 0.3) is 10.9 Å². The quantitative estimate of drug-likeness (QED) is 0.675. The molecule has 0 saturated heterocycles. The van der Waals surface area contributed by atoms with E-state index in [4.69, 9.17) is 5.11 Å². The summed E-state index contributed by atoms with van der Waals surface area (Å²) in [6, 6.07) is 8.21. The maximum absolute atomic E-state index is 12.4. The predicted octanol–water partition coefficient (Wildman–Crippen LogP) is 3.27. The molecule has 6 heteroatoms. The van der Waals surface area contributed by atoms with Crippen molar-refractivity contribution in [3.63, 3.8) is 0 Å². The summed E-state index contributed by atoms with van der Waals surface area (Å²) in [6.07, 6.45) is 4.51. The van der Waals surface area contributed by atoms with Gasteiger partial charge >= 0.3 is 12.0 Å². The Morgan fingerprint density at radius 1 is 1.16 bits per heavy atom. The topological polar surface area (TPSA) is 85.4 Å². The highest BCUT2D eigenvalue weighted by Gasteiger charge is 2.23. The van der Waals surface area contributed by atoms with Gasteiger partial charge in [-0.2, -0.15) is 0 Å². The SMILES string of the molecule is O=C(O)CCCCCCNC(=O)N1CCc2[nH]c3ccccc3c2C1. The average Bonchev–Trinajstić information content (AvgIpc) is 2.98. The summed E-state index contributed by atoms with van der Waals surface area (Å²) in [5.74, 6) is -0.741. The molecule has 0 unspecified atom stereocenters. The number of hydrogen-bond donors (Lipinski definition) is 3. The molecule has 0 fully saturated rings. The van der Waals surface area contributed by atoms with E-state index in [9.17, 15) is 9.59 Å². The lowest BCUT2D eigenvalue weighted by Crippen LogP contribution is -2.42. The van der Waals surface area contributed by atoms with Crippen LogP contribution < -0.4 is 5.32 Å². The Bertz CT molecular complexity index is 753. The van der Waals surface area contributed by atoms with Gasteiger partial charge in [0.1, 0.15) is 0 Å². The van der Waals surface area contributed by atoms with Crippen molar-refractivity contribution in [3.05, 3.63) is 35.5 Å². The number of carboxylic acid groups (broad SMARTS) is 1. The first kappa shape index (κ1) is 17.3. The van der Waals surface area contributed by atoms with Gasteiger partial charge < -0.3 is 20.3 Å². The number of aromatic nitrogens is 1. The molecule has 1 aromatic carbocycles. The van der Waals surface area contributed by atoms with E-state index in [2.05, 4.69) is 22.4 Å². The Balaban J connectivity index is 1.44. The van der Waals surface area contributed by atoms with Crippen LogP contribution in [0.15, 0.2) is 24.3 Å². The summed E-state index contributed by atoms with van der Waals surface area (Å²) in [7, 11) is 0. The van der Waals surface area contributed by atoms with Crippen molar-refractivity contribution in [2.24, 2.45) is 0 Å². The third kappa shape index (κ3) is 4.32. The number of benzene rings is 1. The highest BCUT2D eigenvalue weighted by Crippen LogP contribution is 2.27. The molecule has 1 aliphatic heterocycles. The van der Waals surface area contributed by atoms with E-state index in [0.717, 1.165) is 37.7 Å². The van der Waals surface area contributed by atoms with Crippen LogP contribution in [-0.4, -0.2) is 40.1 Å². The summed E-state index contributed by atoms with van der Waals surface area (Å²) in [4.78, 5) is 28.1. The molecule has 1 aromatic heterocycles. The highest BCUT2D eigenvalue weighted by molar-refractivity contribution is 5.85. The van der Waals surface area contributed by atoms with Gasteiger partial charge in [-0.05, 0) is 18.9 Å². The number of unbranched alkanes of at least 4 members (excludes halogenated alkanes) is 3. The van der Waals surface area contributed by atoms with Crippen LogP contribution in [0, 0.1) is 0 Å². The van der Waals surface area contributed by atoms with Gasteiger partial charge in [-0.15, -0.1) is 0 Å². The molecule has 2 heterocycles. The Hall–Kier alpha value is -2.50. The minimum absolute atomic E-state index is 0.0125. The van der Waals surface area contributed by atoms with E-state index >= 15 is 0 Å². The number of fused-ring (bicyclic) bond motifs is 3. The lowest BCUT2D eigenvalue weighted by atomic mass is 10.0.